The largest absolute Gasteiger partial charge is 0.382 e. The van der Waals surface area contributed by atoms with Crippen LogP contribution >= 0.6 is 11.6 Å². The summed E-state index contributed by atoms with van der Waals surface area (Å²) >= 11 is 5.89. The van der Waals surface area contributed by atoms with Gasteiger partial charge >= 0.3 is 0 Å². The van der Waals surface area contributed by atoms with Crippen LogP contribution in [0.4, 0.5) is 5.69 Å². The predicted octanol–water partition coefficient (Wildman–Crippen LogP) is 3.43. The van der Waals surface area contributed by atoms with Crippen molar-refractivity contribution in [2.45, 2.75) is 39.2 Å². The first-order valence-corrected chi connectivity index (χ1v) is 6.32. The van der Waals surface area contributed by atoms with Gasteiger partial charge < -0.3 is 11.1 Å². The number of carbonyl (C=O) groups is 1. The Hall–Kier alpha value is -1.22. The minimum Gasteiger partial charge on any atom is -0.382 e. The molecule has 1 unspecified atom stereocenters. The molecule has 0 fully saturated rings. The fourth-order valence-electron chi connectivity index (χ4n) is 1.77. The molecule has 1 aromatic rings. The summed E-state index contributed by atoms with van der Waals surface area (Å²) in [4.78, 5) is 11.2. The number of anilines is 1. The maximum Gasteiger partial charge on any atom is 0.250 e. The molecule has 0 aliphatic rings. The van der Waals surface area contributed by atoms with Crippen LogP contribution in [-0.4, -0.2) is 11.9 Å². The topological polar surface area (TPSA) is 55.1 Å². The Kier molecular flexibility index (Phi) is 5.29. The molecule has 0 spiro atoms. The lowest BCUT2D eigenvalue weighted by Crippen LogP contribution is -2.19. The van der Waals surface area contributed by atoms with Gasteiger partial charge in [-0.3, -0.25) is 4.79 Å². The maximum atomic E-state index is 11.2. The molecule has 0 aliphatic heterocycles. The fraction of sp³-hybridized carbons (Fsp3) is 0.462. The standard InChI is InChI=1S/C13H19ClN2O/c1-3-5-9(4-2)16-10-6-7-12(14)11(8-10)13(15)17/h6-9,16H,3-5H2,1-2H3,(H2,15,17). The number of benzene rings is 1. The highest BCUT2D eigenvalue weighted by atomic mass is 35.5. The molecule has 1 rings (SSSR count). The van der Waals surface area contributed by atoms with Crippen molar-refractivity contribution in [3.05, 3.63) is 28.8 Å². The summed E-state index contributed by atoms with van der Waals surface area (Å²) in [6, 6.07) is 5.69. The monoisotopic (exact) mass is 254 g/mol. The van der Waals surface area contributed by atoms with E-state index in [1.54, 1.807) is 12.1 Å². The molecule has 94 valence electrons. The smallest absolute Gasteiger partial charge is 0.250 e. The molecule has 0 heterocycles. The lowest BCUT2D eigenvalue weighted by molar-refractivity contribution is 0.100. The van der Waals surface area contributed by atoms with Crippen molar-refractivity contribution in [1.29, 1.82) is 0 Å². The van der Waals surface area contributed by atoms with Crippen molar-refractivity contribution in [2.75, 3.05) is 5.32 Å². The fourth-order valence-corrected chi connectivity index (χ4v) is 1.98. The molecule has 0 aromatic heterocycles. The van der Waals surface area contributed by atoms with Gasteiger partial charge in [-0.05, 0) is 31.0 Å². The molecular weight excluding hydrogens is 236 g/mol. The Morgan fingerprint density at radius 2 is 2.18 bits per heavy atom. The zero-order valence-corrected chi connectivity index (χ0v) is 11.1. The minimum atomic E-state index is -0.498. The summed E-state index contributed by atoms with van der Waals surface area (Å²) in [5.74, 6) is -0.498. The van der Waals surface area contributed by atoms with E-state index in [0.717, 1.165) is 24.9 Å². The number of hydrogen-bond donors (Lipinski definition) is 2. The summed E-state index contributed by atoms with van der Waals surface area (Å²) < 4.78 is 0. The van der Waals surface area contributed by atoms with E-state index in [1.807, 2.05) is 6.07 Å². The highest BCUT2D eigenvalue weighted by Gasteiger charge is 2.09. The van der Waals surface area contributed by atoms with E-state index in [4.69, 9.17) is 17.3 Å². The first kappa shape index (κ1) is 13.8. The number of amides is 1. The second-order valence-electron chi connectivity index (χ2n) is 4.10. The summed E-state index contributed by atoms with van der Waals surface area (Å²) in [5.41, 5.74) is 6.51. The van der Waals surface area contributed by atoms with Gasteiger partial charge in [0.05, 0.1) is 10.6 Å². The third-order valence-electron chi connectivity index (χ3n) is 2.73. The lowest BCUT2D eigenvalue weighted by Gasteiger charge is -2.18. The summed E-state index contributed by atoms with van der Waals surface area (Å²) in [6.07, 6.45) is 3.27. The van der Waals surface area contributed by atoms with Crippen molar-refractivity contribution < 1.29 is 4.79 Å². The zero-order valence-electron chi connectivity index (χ0n) is 10.3. The van der Waals surface area contributed by atoms with Gasteiger partial charge in [-0.2, -0.15) is 0 Å². The molecule has 0 saturated carbocycles. The van der Waals surface area contributed by atoms with Gasteiger partial charge in [0.1, 0.15) is 0 Å². The van der Waals surface area contributed by atoms with E-state index < -0.39 is 5.91 Å². The third-order valence-corrected chi connectivity index (χ3v) is 3.06. The van der Waals surface area contributed by atoms with Crippen LogP contribution in [0, 0.1) is 0 Å². The van der Waals surface area contributed by atoms with E-state index in [0.29, 0.717) is 16.6 Å². The molecular formula is C13H19ClN2O. The number of halogens is 1. The van der Waals surface area contributed by atoms with E-state index in [2.05, 4.69) is 19.2 Å². The summed E-state index contributed by atoms with van der Waals surface area (Å²) in [7, 11) is 0. The Bertz CT molecular complexity index is 393. The summed E-state index contributed by atoms with van der Waals surface area (Å²) in [6.45, 7) is 4.29. The van der Waals surface area contributed by atoms with Crippen LogP contribution in [-0.2, 0) is 0 Å². The second kappa shape index (κ2) is 6.50. The van der Waals surface area contributed by atoms with Gasteiger partial charge in [-0.1, -0.05) is 31.9 Å². The van der Waals surface area contributed by atoms with Crippen molar-refractivity contribution in [3.8, 4) is 0 Å². The number of primary amides is 1. The molecule has 0 saturated heterocycles. The normalized spacial score (nSPS) is 12.2. The van der Waals surface area contributed by atoms with E-state index >= 15 is 0 Å². The van der Waals surface area contributed by atoms with Crippen LogP contribution in [0.1, 0.15) is 43.5 Å². The third kappa shape index (κ3) is 3.93. The molecule has 1 atom stereocenters. The number of nitrogens with two attached hydrogens (primary N) is 1. The number of carbonyl (C=O) groups excluding carboxylic acids is 1. The molecule has 3 nitrogen and oxygen atoms in total. The van der Waals surface area contributed by atoms with Gasteiger partial charge in [0.2, 0.25) is 5.91 Å². The number of hydrogen-bond acceptors (Lipinski definition) is 2. The SMILES string of the molecule is CCCC(CC)Nc1ccc(Cl)c(C(N)=O)c1. The van der Waals surface area contributed by atoms with Crippen LogP contribution in [0.3, 0.4) is 0 Å². The molecule has 1 aromatic carbocycles. The van der Waals surface area contributed by atoms with Crippen LogP contribution in [0.2, 0.25) is 5.02 Å². The van der Waals surface area contributed by atoms with Crippen molar-refractivity contribution in [1.82, 2.24) is 0 Å². The highest BCUT2D eigenvalue weighted by Crippen LogP contribution is 2.21. The number of rotatable bonds is 6. The van der Waals surface area contributed by atoms with Crippen LogP contribution in [0.25, 0.3) is 0 Å². The molecule has 0 radical (unpaired) electrons. The van der Waals surface area contributed by atoms with Gasteiger partial charge in [0.25, 0.3) is 0 Å². The number of nitrogens with one attached hydrogen (secondary N) is 1. The van der Waals surface area contributed by atoms with Gasteiger partial charge in [0.15, 0.2) is 0 Å². The van der Waals surface area contributed by atoms with Gasteiger partial charge in [0, 0.05) is 11.7 Å². The first-order chi connectivity index (χ1) is 8.08. The van der Waals surface area contributed by atoms with E-state index in [9.17, 15) is 4.79 Å². The van der Waals surface area contributed by atoms with E-state index in [1.165, 1.54) is 0 Å². The molecule has 0 bridgehead atoms. The molecule has 3 N–H and O–H groups in total. The molecule has 1 amide bonds. The quantitative estimate of drug-likeness (QED) is 0.817. The van der Waals surface area contributed by atoms with Crippen molar-refractivity contribution in [3.63, 3.8) is 0 Å². The van der Waals surface area contributed by atoms with E-state index in [-0.39, 0.29) is 0 Å². The Morgan fingerprint density at radius 3 is 2.71 bits per heavy atom. The van der Waals surface area contributed by atoms with Crippen molar-refractivity contribution in [2.24, 2.45) is 5.73 Å². The second-order valence-corrected chi connectivity index (χ2v) is 4.50. The average molecular weight is 255 g/mol. The van der Waals surface area contributed by atoms with Crippen molar-refractivity contribution >= 4 is 23.2 Å². The van der Waals surface area contributed by atoms with Crippen LogP contribution in [0.5, 0.6) is 0 Å². The van der Waals surface area contributed by atoms with Crippen LogP contribution < -0.4 is 11.1 Å². The van der Waals surface area contributed by atoms with Gasteiger partial charge in [-0.25, -0.2) is 0 Å². The summed E-state index contributed by atoms with van der Waals surface area (Å²) in [5, 5.41) is 3.78. The first-order valence-electron chi connectivity index (χ1n) is 5.94. The minimum absolute atomic E-state index is 0.364. The highest BCUT2D eigenvalue weighted by molar-refractivity contribution is 6.33. The Labute approximate surface area is 107 Å². The van der Waals surface area contributed by atoms with Gasteiger partial charge in [-0.15, -0.1) is 0 Å². The van der Waals surface area contributed by atoms with Crippen LogP contribution in [0.15, 0.2) is 18.2 Å². The Balaban J connectivity index is 2.84. The molecule has 4 heteroatoms. The molecule has 17 heavy (non-hydrogen) atoms. The zero-order chi connectivity index (χ0) is 12.8. The average Bonchev–Trinajstić information content (AvgIpc) is 2.30. The Morgan fingerprint density at radius 1 is 1.47 bits per heavy atom. The maximum absolute atomic E-state index is 11.2. The molecule has 0 aliphatic carbocycles. The lowest BCUT2D eigenvalue weighted by atomic mass is 10.1. The predicted molar refractivity (Wildman–Crippen MR) is 72.6 cm³/mol.